The third-order valence-electron chi connectivity index (χ3n) is 4.51. The lowest BCUT2D eigenvalue weighted by molar-refractivity contribution is 0.588. The van der Waals surface area contributed by atoms with E-state index < -0.39 is 20.2 Å². The van der Waals surface area contributed by atoms with E-state index in [9.17, 15) is 16.8 Å². The first-order chi connectivity index (χ1) is 14.2. The van der Waals surface area contributed by atoms with Crippen LogP contribution >= 0.6 is 0 Å². The maximum atomic E-state index is 12.2. The number of hydrogen-bond donors (Lipinski definition) is 3. The molecule has 3 aromatic rings. The summed E-state index contributed by atoms with van der Waals surface area (Å²) in [6.07, 6.45) is 1.97. The van der Waals surface area contributed by atoms with Crippen molar-refractivity contribution in [2.45, 2.75) is 11.3 Å². The van der Waals surface area contributed by atoms with Gasteiger partial charge in [0.1, 0.15) is 5.84 Å². The van der Waals surface area contributed by atoms with E-state index in [-0.39, 0.29) is 10.7 Å². The highest BCUT2D eigenvalue weighted by Gasteiger charge is 2.19. The molecule has 0 bridgehead atoms. The first-order valence-corrected chi connectivity index (χ1v) is 11.9. The minimum atomic E-state index is -3.91. The Morgan fingerprint density at radius 3 is 2.40 bits per heavy atom. The summed E-state index contributed by atoms with van der Waals surface area (Å²) in [5.74, 6) is 0.118. The smallest absolute Gasteiger partial charge is 0.339 e. The van der Waals surface area contributed by atoms with Crippen LogP contribution in [-0.4, -0.2) is 22.7 Å². The maximum Gasteiger partial charge on any atom is 0.343 e. The maximum absolute atomic E-state index is 12.2. The number of rotatable bonds is 4. The highest BCUT2D eigenvalue weighted by Crippen LogP contribution is 2.22. The van der Waals surface area contributed by atoms with Gasteiger partial charge in [-0.2, -0.15) is 8.42 Å². The third-order valence-corrected chi connectivity index (χ3v) is 6.39. The Hall–Kier alpha value is -3.21. The molecule has 0 radical (unpaired) electrons. The molecular formula is C20H18N4O4S2. The van der Waals surface area contributed by atoms with E-state index in [1.807, 2.05) is 42.5 Å². The minimum absolute atomic E-state index is 0.0416. The van der Waals surface area contributed by atoms with Crippen molar-refractivity contribution >= 4 is 42.5 Å². The number of amidine groups is 1. The second-order valence-corrected chi connectivity index (χ2v) is 9.63. The van der Waals surface area contributed by atoms with Crippen molar-refractivity contribution in [3.8, 4) is 0 Å². The van der Waals surface area contributed by atoms with Gasteiger partial charge in [-0.15, -0.1) is 4.40 Å². The summed E-state index contributed by atoms with van der Waals surface area (Å²) in [5, 5.41) is 10.1. The lowest BCUT2D eigenvalue weighted by atomic mass is 10.0. The summed E-state index contributed by atoms with van der Waals surface area (Å²) in [4.78, 5) is -0.0416. The quantitative estimate of drug-likeness (QED) is 0.570. The number of nitrogens with one attached hydrogen (secondary N) is 2. The fourth-order valence-electron chi connectivity index (χ4n) is 3.21. The molecule has 0 saturated carbocycles. The number of benzene rings is 3. The van der Waals surface area contributed by atoms with Gasteiger partial charge in [0.25, 0.3) is 0 Å². The Morgan fingerprint density at radius 1 is 0.967 bits per heavy atom. The average molecular weight is 443 g/mol. The van der Waals surface area contributed by atoms with Crippen LogP contribution in [0.4, 0.5) is 5.69 Å². The molecule has 154 valence electrons. The fourth-order valence-corrected chi connectivity index (χ4v) is 4.59. The standard InChI is InChI=1S/C20H18N4O4S2/c21-29(25,26)18-10-8-16(9-11-18)22-20-13-17(23-30(27,28)24-20)12-15-6-3-5-14-4-1-2-7-19(14)15/h1-11,13,23H,12H2,(H,22,24)(H2,21,25,26). The monoisotopic (exact) mass is 442 g/mol. The zero-order valence-corrected chi connectivity index (χ0v) is 17.2. The van der Waals surface area contributed by atoms with Crippen LogP contribution in [0.15, 0.2) is 87.8 Å². The molecule has 0 amide bonds. The van der Waals surface area contributed by atoms with E-state index in [2.05, 4.69) is 14.4 Å². The Bertz CT molecular complexity index is 1390. The minimum Gasteiger partial charge on any atom is -0.339 e. The topological polar surface area (TPSA) is 131 Å². The van der Waals surface area contributed by atoms with Gasteiger partial charge in [-0.3, -0.25) is 4.72 Å². The number of fused-ring (bicyclic) bond motifs is 1. The molecule has 0 spiro atoms. The molecule has 1 heterocycles. The van der Waals surface area contributed by atoms with Crippen molar-refractivity contribution < 1.29 is 16.8 Å². The molecule has 0 atom stereocenters. The van der Waals surface area contributed by atoms with Gasteiger partial charge in [0, 0.05) is 23.9 Å². The number of anilines is 1. The second-order valence-electron chi connectivity index (χ2n) is 6.73. The summed E-state index contributed by atoms with van der Waals surface area (Å²) >= 11 is 0. The molecule has 4 N–H and O–H groups in total. The highest BCUT2D eigenvalue weighted by molar-refractivity contribution is 7.89. The largest absolute Gasteiger partial charge is 0.343 e. The van der Waals surface area contributed by atoms with Crippen molar-refractivity contribution in [1.82, 2.24) is 4.72 Å². The molecule has 0 aromatic heterocycles. The number of sulfonamides is 1. The van der Waals surface area contributed by atoms with Gasteiger partial charge in [-0.1, -0.05) is 42.5 Å². The summed E-state index contributed by atoms with van der Waals surface area (Å²) in [6.45, 7) is 0. The summed E-state index contributed by atoms with van der Waals surface area (Å²) < 4.78 is 53.3. The van der Waals surface area contributed by atoms with Gasteiger partial charge in [-0.25, -0.2) is 13.6 Å². The predicted octanol–water partition coefficient (Wildman–Crippen LogP) is 2.27. The van der Waals surface area contributed by atoms with Crippen molar-refractivity contribution in [2.24, 2.45) is 9.54 Å². The van der Waals surface area contributed by atoms with Crippen molar-refractivity contribution in [1.29, 1.82) is 0 Å². The summed E-state index contributed by atoms with van der Waals surface area (Å²) in [5.41, 5.74) is 1.91. The number of allylic oxidation sites excluding steroid dienone is 1. The van der Waals surface area contributed by atoms with Crippen LogP contribution in [0.1, 0.15) is 5.56 Å². The number of nitrogens with two attached hydrogens (primary N) is 1. The van der Waals surface area contributed by atoms with Crippen molar-refractivity contribution in [3.05, 3.63) is 84.1 Å². The second kappa shape index (κ2) is 7.56. The Morgan fingerprint density at radius 2 is 1.67 bits per heavy atom. The molecular weight excluding hydrogens is 424 g/mol. The van der Waals surface area contributed by atoms with Crippen LogP contribution in [0, 0.1) is 0 Å². The molecule has 3 aromatic carbocycles. The SMILES string of the molecule is NS(=O)(=O)c1ccc(NC2=NS(=O)(=O)NC(Cc3cccc4ccccc34)=C2)cc1. The van der Waals surface area contributed by atoms with Gasteiger partial charge >= 0.3 is 10.2 Å². The zero-order valence-electron chi connectivity index (χ0n) is 15.6. The van der Waals surface area contributed by atoms with Crippen LogP contribution in [0.3, 0.4) is 0 Å². The van der Waals surface area contributed by atoms with Crippen LogP contribution < -0.4 is 15.2 Å². The average Bonchev–Trinajstić information content (AvgIpc) is 2.67. The van der Waals surface area contributed by atoms with Gasteiger partial charge in [0.05, 0.1) is 4.90 Å². The molecule has 4 rings (SSSR count). The normalized spacial score (nSPS) is 15.8. The number of primary sulfonamides is 1. The van der Waals surface area contributed by atoms with E-state index in [1.54, 1.807) is 6.08 Å². The Labute approximate surface area is 174 Å². The van der Waals surface area contributed by atoms with Crippen molar-refractivity contribution in [2.75, 3.05) is 5.32 Å². The molecule has 0 fully saturated rings. The first-order valence-electron chi connectivity index (χ1n) is 8.89. The number of hydrogen-bond acceptors (Lipinski definition) is 5. The van der Waals surface area contributed by atoms with E-state index in [0.717, 1.165) is 16.3 Å². The van der Waals surface area contributed by atoms with E-state index in [0.29, 0.717) is 17.8 Å². The summed E-state index contributed by atoms with van der Waals surface area (Å²) in [6, 6.07) is 19.4. The lowest BCUT2D eigenvalue weighted by Gasteiger charge is -2.17. The molecule has 30 heavy (non-hydrogen) atoms. The fraction of sp³-hybridized carbons (Fsp3) is 0.0500. The third kappa shape index (κ3) is 4.51. The van der Waals surface area contributed by atoms with Crippen molar-refractivity contribution in [3.63, 3.8) is 0 Å². The molecule has 10 heteroatoms. The van der Waals surface area contributed by atoms with Gasteiger partial charge in [-0.05, 0) is 40.6 Å². The predicted molar refractivity (Wildman–Crippen MR) is 117 cm³/mol. The molecule has 0 saturated heterocycles. The lowest BCUT2D eigenvalue weighted by Crippen LogP contribution is -2.30. The van der Waals surface area contributed by atoms with Gasteiger partial charge < -0.3 is 5.32 Å². The Kier molecular flexibility index (Phi) is 5.06. The molecule has 8 nitrogen and oxygen atoms in total. The van der Waals surface area contributed by atoms with Crippen LogP contribution in [0.2, 0.25) is 0 Å². The zero-order chi connectivity index (χ0) is 21.4. The molecule has 0 unspecified atom stereocenters. The van der Waals surface area contributed by atoms with E-state index >= 15 is 0 Å². The molecule has 1 aliphatic rings. The van der Waals surface area contributed by atoms with Crippen LogP contribution in [0.5, 0.6) is 0 Å². The molecule has 1 aliphatic heterocycles. The van der Waals surface area contributed by atoms with Crippen LogP contribution in [-0.2, 0) is 26.7 Å². The van der Waals surface area contributed by atoms with E-state index in [1.165, 1.54) is 24.3 Å². The first kappa shape index (κ1) is 20.1. The van der Waals surface area contributed by atoms with Gasteiger partial charge in [0.2, 0.25) is 10.0 Å². The van der Waals surface area contributed by atoms with Crippen LogP contribution in [0.25, 0.3) is 10.8 Å². The number of nitrogens with zero attached hydrogens (tertiary/aromatic N) is 1. The van der Waals surface area contributed by atoms with Gasteiger partial charge in [0.15, 0.2) is 0 Å². The summed E-state index contributed by atoms with van der Waals surface area (Å²) in [7, 11) is -7.72. The highest BCUT2D eigenvalue weighted by atomic mass is 32.2. The molecule has 0 aliphatic carbocycles. The Balaban J connectivity index is 1.62. The van der Waals surface area contributed by atoms with E-state index in [4.69, 9.17) is 5.14 Å².